The van der Waals surface area contributed by atoms with E-state index in [1.54, 1.807) is 50.2 Å². The highest BCUT2D eigenvalue weighted by atomic mass is 32.2. The molecule has 5 nitrogen and oxygen atoms in total. The zero-order valence-corrected chi connectivity index (χ0v) is 20.7. The molecule has 0 aliphatic heterocycles. The Bertz CT molecular complexity index is 1090. The number of benzene rings is 3. The van der Waals surface area contributed by atoms with Gasteiger partial charge in [-0.1, -0.05) is 6.92 Å². The van der Waals surface area contributed by atoms with E-state index in [1.165, 1.54) is 24.3 Å². The van der Waals surface area contributed by atoms with Crippen LogP contribution in [0.15, 0.2) is 87.5 Å². The van der Waals surface area contributed by atoms with Crippen LogP contribution in [0, 0.1) is 17.0 Å². The highest BCUT2D eigenvalue weighted by Gasteiger charge is 2.29. The fourth-order valence-corrected chi connectivity index (χ4v) is 5.01. The van der Waals surface area contributed by atoms with Crippen LogP contribution in [0.5, 0.6) is 5.75 Å². The molecule has 3 aromatic carbocycles. The third kappa shape index (κ3) is 7.29. The lowest BCUT2D eigenvalue weighted by Gasteiger charge is -2.20. The van der Waals surface area contributed by atoms with Crippen molar-refractivity contribution < 1.29 is 27.8 Å². The maximum absolute atomic E-state index is 13.5. The van der Waals surface area contributed by atoms with Gasteiger partial charge in [-0.3, -0.25) is 4.79 Å². The smallest absolute Gasteiger partial charge is 0.412 e. The normalized spacial score (nSPS) is 11.3. The van der Waals surface area contributed by atoms with Crippen molar-refractivity contribution in [3.63, 3.8) is 0 Å². The molecule has 0 aliphatic rings. The van der Waals surface area contributed by atoms with Gasteiger partial charge in [0.15, 0.2) is 14.7 Å². The first kappa shape index (κ1) is 26.2. The summed E-state index contributed by atoms with van der Waals surface area (Å²) >= 11 is 0. The Morgan fingerprint density at radius 3 is 1.74 bits per heavy atom. The predicted molar refractivity (Wildman–Crippen MR) is 130 cm³/mol. The van der Waals surface area contributed by atoms with Crippen molar-refractivity contribution in [2.24, 2.45) is 5.41 Å². The van der Waals surface area contributed by atoms with E-state index < -0.39 is 22.4 Å². The van der Waals surface area contributed by atoms with Crippen LogP contribution < -0.4 is 10.1 Å². The summed E-state index contributed by atoms with van der Waals surface area (Å²) in [6.07, 6.45) is -0.0132. The van der Waals surface area contributed by atoms with Crippen LogP contribution in [-0.4, -0.2) is 25.2 Å². The fourth-order valence-electron chi connectivity index (χ4n) is 2.97. The SMILES string of the molecule is CCC(C)(C)C(=O)OCCNC(=O)Oc1ccc([S+](c2ccc(F)cc2)c2ccc(F)cc2)cc1. The Balaban J connectivity index is 1.63. The monoisotopic (exact) mass is 500 g/mol. The third-order valence-electron chi connectivity index (χ3n) is 5.41. The highest BCUT2D eigenvalue weighted by molar-refractivity contribution is 7.97. The van der Waals surface area contributed by atoms with Gasteiger partial charge in [0.25, 0.3) is 0 Å². The van der Waals surface area contributed by atoms with E-state index in [4.69, 9.17) is 9.47 Å². The fraction of sp³-hybridized carbons (Fsp3) is 0.259. The molecule has 0 heterocycles. The van der Waals surface area contributed by atoms with Gasteiger partial charge in [-0.05, 0) is 93.1 Å². The minimum atomic E-state index is -0.667. The minimum absolute atomic E-state index is 0.0500. The second kappa shape index (κ2) is 11.8. The maximum atomic E-state index is 13.5. The number of amides is 1. The Hall–Kier alpha value is -3.39. The molecule has 0 aliphatic carbocycles. The molecule has 3 rings (SSSR count). The zero-order chi connectivity index (χ0) is 25.4. The van der Waals surface area contributed by atoms with Crippen LogP contribution in [0.3, 0.4) is 0 Å². The van der Waals surface area contributed by atoms with Gasteiger partial charge >= 0.3 is 12.1 Å². The standard InChI is InChI=1S/C27H27F2NO4S/c1-4-27(2,3)25(31)33-18-17-30-26(32)34-21-9-15-24(16-10-21)35(22-11-5-19(28)6-12-22)23-13-7-20(29)8-14-23/h5-16H,4,17-18H2,1-3H3/p+1. The Labute approximate surface area is 206 Å². The molecular weight excluding hydrogens is 472 g/mol. The first-order valence-electron chi connectivity index (χ1n) is 11.2. The van der Waals surface area contributed by atoms with Gasteiger partial charge in [0.2, 0.25) is 0 Å². The molecule has 184 valence electrons. The molecule has 0 spiro atoms. The van der Waals surface area contributed by atoms with Crippen molar-refractivity contribution in [2.75, 3.05) is 13.2 Å². The van der Waals surface area contributed by atoms with Crippen molar-refractivity contribution in [3.8, 4) is 5.75 Å². The summed E-state index contributed by atoms with van der Waals surface area (Å²) in [7, 11) is -0.609. The van der Waals surface area contributed by atoms with Crippen molar-refractivity contribution in [1.82, 2.24) is 5.32 Å². The lowest BCUT2D eigenvalue weighted by atomic mass is 9.91. The summed E-state index contributed by atoms with van der Waals surface area (Å²) in [6, 6.07) is 19.3. The lowest BCUT2D eigenvalue weighted by molar-refractivity contribution is -0.153. The van der Waals surface area contributed by atoms with E-state index in [0.29, 0.717) is 12.2 Å². The topological polar surface area (TPSA) is 64.6 Å². The average Bonchev–Trinajstić information content (AvgIpc) is 2.85. The maximum Gasteiger partial charge on any atom is 0.412 e. The van der Waals surface area contributed by atoms with Crippen LogP contribution >= 0.6 is 0 Å². The van der Waals surface area contributed by atoms with Crippen LogP contribution in [0.25, 0.3) is 0 Å². The zero-order valence-electron chi connectivity index (χ0n) is 19.8. The van der Waals surface area contributed by atoms with E-state index in [0.717, 1.165) is 14.7 Å². The lowest BCUT2D eigenvalue weighted by Crippen LogP contribution is -2.33. The second-order valence-electron chi connectivity index (χ2n) is 8.38. The van der Waals surface area contributed by atoms with E-state index in [-0.39, 0.29) is 30.8 Å². The van der Waals surface area contributed by atoms with Gasteiger partial charge in [0.1, 0.15) is 24.0 Å². The summed E-state index contributed by atoms with van der Waals surface area (Å²) in [5.74, 6) is -0.661. The van der Waals surface area contributed by atoms with Gasteiger partial charge in [-0.25, -0.2) is 13.6 Å². The highest BCUT2D eigenvalue weighted by Crippen LogP contribution is 2.32. The molecule has 0 saturated heterocycles. The van der Waals surface area contributed by atoms with E-state index in [1.807, 2.05) is 19.1 Å². The number of esters is 1. The Kier molecular flexibility index (Phi) is 8.87. The Morgan fingerprint density at radius 1 is 0.829 bits per heavy atom. The summed E-state index contributed by atoms with van der Waals surface area (Å²) in [6.45, 7) is 5.69. The second-order valence-corrected chi connectivity index (χ2v) is 10.4. The van der Waals surface area contributed by atoms with Crippen molar-refractivity contribution in [1.29, 1.82) is 0 Å². The molecule has 0 saturated carbocycles. The molecule has 0 fully saturated rings. The van der Waals surface area contributed by atoms with Crippen molar-refractivity contribution >= 4 is 23.0 Å². The Morgan fingerprint density at radius 2 is 1.29 bits per heavy atom. The first-order chi connectivity index (χ1) is 16.7. The molecule has 0 unspecified atom stereocenters. The molecule has 0 atom stereocenters. The molecule has 35 heavy (non-hydrogen) atoms. The number of halogens is 2. The molecule has 0 bridgehead atoms. The van der Waals surface area contributed by atoms with Crippen LogP contribution in [-0.2, 0) is 20.4 Å². The largest absolute Gasteiger partial charge is 0.463 e. The quantitative estimate of drug-likeness (QED) is 0.218. The summed E-state index contributed by atoms with van der Waals surface area (Å²) < 4.78 is 37.4. The van der Waals surface area contributed by atoms with Gasteiger partial charge in [0.05, 0.1) is 22.9 Å². The molecule has 0 radical (unpaired) electrons. The van der Waals surface area contributed by atoms with E-state index in [9.17, 15) is 18.4 Å². The predicted octanol–water partition coefficient (Wildman–Crippen LogP) is 6.13. The number of nitrogens with one attached hydrogen (secondary N) is 1. The number of ether oxygens (including phenoxy) is 2. The van der Waals surface area contributed by atoms with Gasteiger partial charge in [-0.15, -0.1) is 0 Å². The van der Waals surface area contributed by atoms with Gasteiger partial charge < -0.3 is 14.8 Å². The molecular formula is C27H28F2NO4S+. The van der Waals surface area contributed by atoms with Crippen LogP contribution in [0.2, 0.25) is 0 Å². The summed E-state index contributed by atoms with van der Waals surface area (Å²) in [4.78, 5) is 26.7. The number of carbonyl (C=O) groups excluding carboxylic acids is 2. The van der Waals surface area contributed by atoms with E-state index in [2.05, 4.69) is 5.32 Å². The van der Waals surface area contributed by atoms with Gasteiger partial charge in [0, 0.05) is 0 Å². The summed E-state index contributed by atoms with van der Waals surface area (Å²) in [5.41, 5.74) is -0.567. The summed E-state index contributed by atoms with van der Waals surface area (Å²) in [5, 5.41) is 2.55. The number of hydrogen-bond donors (Lipinski definition) is 1. The van der Waals surface area contributed by atoms with E-state index >= 15 is 0 Å². The third-order valence-corrected chi connectivity index (χ3v) is 7.64. The van der Waals surface area contributed by atoms with Crippen LogP contribution in [0.4, 0.5) is 13.6 Å². The van der Waals surface area contributed by atoms with Crippen molar-refractivity contribution in [3.05, 3.63) is 84.4 Å². The molecule has 1 amide bonds. The minimum Gasteiger partial charge on any atom is -0.463 e. The molecule has 8 heteroatoms. The van der Waals surface area contributed by atoms with Crippen molar-refractivity contribution in [2.45, 2.75) is 41.9 Å². The molecule has 0 aromatic heterocycles. The molecule has 1 N–H and O–H groups in total. The number of hydrogen-bond acceptors (Lipinski definition) is 4. The average molecular weight is 501 g/mol. The van der Waals surface area contributed by atoms with Gasteiger partial charge in [-0.2, -0.15) is 0 Å². The number of carbonyl (C=O) groups is 2. The number of rotatable bonds is 9. The first-order valence-corrected chi connectivity index (χ1v) is 12.4. The van der Waals surface area contributed by atoms with Crippen LogP contribution in [0.1, 0.15) is 27.2 Å². The molecule has 3 aromatic rings.